The molecule has 1 heterocycles. The molecule has 1 atom stereocenters. The standard InChI is InChI=1S/C13H18N2O3S/c1-7(2)11-14-9(6-19-11)10(16)15-13(3,12(17)18)8-4-5-8/h6-8H,4-5H2,1-3H3,(H,15,16)(H,17,18)/t13-/m0/s1. The monoisotopic (exact) mass is 282 g/mol. The van der Waals surface area contributed by atoms with Gasteiger partial charge in [-0.1, -0.05) is 13.8 Å². The first-order valence-corrected chi connectivity index (χ1v) is 7.24. The van der Waals surface area contributed by atoms with Crippen molar-refractivity contribution < 1.29 is 14.7 Å². The van der Waals surface area contributed by atoms with Crippen molar-refractivity contribution in [3.05, 3.63) is 16.1 Å². The average molecular weight is 282 g/mol. The van der Waals surface area contributed by atoms with Crippen molar-refractivity contribution in [1.29, 1.82) is 0 Å². The number of nitrogens with zero attached hydrogens (tertiary/aromatic N) is 1. The summed E-state index contributed by atoms with van der Waals surface area (Å²) in [6.45, 7) is 5.58. The Labute approximate surface area is 116 Å². The van der Waals surface area contributed by atoms with Crippen LogP contribution in [0.15, 0.2) is 5.38 Å². The van der Waals surface area contributed by atoms with Crippen LogP contribution >= 0.6 is 11.3 Å². The number of carbonyl (C=O) groups is 2. The van der Waals surface area contributed by atoms with Crippen LogP contribution in [0, 0.1) is 5.92 Å². The highest BCUT2D eigenvalue weighted by atomic mass is 32.1. The van der Waals surface area contributed by atoms with E-state index in [1.54, 1.807) is 12.3 Å². The van der Waals surface area contributed by atoms with Crippen LogP contribution < -0.4 is 5.32 Å². The molecule has 0 aromatic carbocycles. The van der Waals surface area contributed by atoms with E-state index in [2.05, 4.69) is 10.3 Å². The van der Waals surface area contributed by atoms with E-state index in [9.17, 15) is 14.7 Å². The Bertz CT molecular complexity index is 508. The number of thiazole rings is 1. The third-order valence-electron chi connectivity index (χ3n) is 3.46. The highest BCUT2D eigenvalue weighted by Crippen LogP contribution is 2.39. The van der Waals surface area contributed by atoms with Gasteiger partial charge in [-0.3, -0.25) is 4.79 Å². The summed E-state index contributed by atoms with van der Waals surface area (Å²) in [6.07, 6.45) is 1.69. The van der Waals surface area contributed by atoms with Crippen LogP contribution in [-0.2, 0) is 4.79 Å². The van der Waals surface area contributed by atoms with Gasteiger partial charge >= 0.3 is 5.97 Å². The van der Waals surface area contributed by atoms with Crippen LogP contribution in [0.1, 0.15) is 55.0 Å². The number of rotatable bonds is 5. The fraction of sp³-hybridized carbons (Fsp3) is 0.615. The first kappa shape index (κ1) is 14.0. The quantitative estimate of drug-likeness (QED) is 0.868. The molecule has 2 N–H and O–H groups in total. The molecule has 2 rings (SSSR count). The van der Waals surface area contributed by atoms with Gasteiger partial charge in [-0.2, -0.15) is 0 Å². The van der Waals surface area contributed by atoms with E-state index in [1.165, 1.54) is 11.3 Å². The maximum Gasteiger partial charge on any atom is 0.329 e. The van der Waals surface area contributed by atoms with Gasteiger partial charge in [0.15, 0.2) is 0 Å². The van der Waals surface area contributed by atoms with Crippen LogP contribution in [0.5, 0.6) is 0 Å². The third-order valence-corrected chi connectivity index (χ3v) is 4.61. The van der Waals surface area contributed by atoms with Crippen LogP contribution in [0.2, 0.25) is 0 Å². The second kappa shape index (κ2) is 4.92. The molecule has 1 aromatic heterocycles. The largest absolute Gasteiger partial charge is 0.480 e. The van der Waals surface area contributed by atoms with Crippen LogP contribution in [-0.4, -0.2) is 27.5 Å². The number of aromatic nitrogens is 1. The number of amides is 1. The molecule has 104 valence electrons. The van der Waals surface area contributed by atoms with Gasteiger partial charge in [-0.15, -0.1) is 11.3 Å². The third kappa shape index (κ3) is 2.78. The molecule has 0 spiro atoms. The van der Waals surface area contributed by atoms with E-state index in [-0.39, 0.29) is 11.8 Å². The highest BCUT2D eigenvalue weighted by molar-refractivity contribution is 7.09. The molecule has 0 unspecified atom stereocenters. The number of nitrogens with one attached hydrogen (secondary N) is 1. The molecule has 5 nitrogen and oxygen atoms in total. The van der Waals surface area contributed by atoms with Crippen LogP contribution in [0.3, 0.4) is 0 Å². The fourth-order valence-electron chi connectivity index (χ4n) is 1.95. The lowest BCUT2D eigenvalue weighted by Gasteiger charge is -2.25. The summed E-state index contributed by atoms with van der Waals surface area (Å²) in [7, 11) is 0. The van der Waals surface area contributed by atoms with Gasteiger partial charge in [0.1, 0.15) is 11.2 Å². The fourth-order valence-corrected chi connectivity index (χ4v) is 2.76. The highest BCUT2D eigenvalue weighted by Gasteiger charge is 2.48. The van der Waals surface area contributed by atoms with Crippen molar-refractivity contribution in [3.63, 3.8) is 0 Å². The first-order chi connectivity index (χ1) is 8.84. The minimum Gasteiger partial charge on any atom is -0.480 e. The van der Waals surface area contributed by atoms with Crippen LogP contribution in [0.4, 0.5) is 0 Å². The van der Waals surface area contributed by atoms with E-state index < -0.39 is 17.4 Å². The van der Waals surface area contributed by atoms with Crippen molar-refractivity contribution in [1.82, 2.24) is 10.3 Å². The van der Waals surface area contributed by atoms with Crippen molar-refractivity contribution in [2.24, 2.45) is 5.92 Å². The number of carbonyl (C=O) groups excluding carboxylic acids is 1. The minimum atomic E-state index is -1.18. The Kier molecular flexibility index (Phi) is 3.62. The van der Waals surface area contributed by atoms with Gasteiger partial charge in [-0.25, -0.2) is 9.78 Å². The second-order valence-electron chi connectivity index (χ2n) is 5.46. The molecular formula is C13H18N2O3S. The molecule has 6 heteroatoms. The summed E-state index contributed by atoms with van der Waals surface area (Å²) in [5.74, 6) is -1.10. The van der Waals surface area contributed by atoms with E-state index in [0.29, 0.717) is 5.69 Å². The molecule has 1 saturated carbocycles. The zero-order valence-corrected chi connectivity index (χ0v) is 12.1. The zero-order chi connectivity index (χ0) is 14.2. The smallest absolute Gasteiger partial charge is 0.329 e. The molecule has 1 fully saturated rings. The Hall–Kier alpha value is -1.43. The maximum absolute atomic E-state index is 12.1. The van der Waals surface area contributed by atoms with E-state index in [1.807, 2.05) is 13.8 Å². The predicted octanol–water partition coefficient (Wildman–Crippen LogP) is 2.25. The minimum absolute atomic E-state index is 0.0251. The van der Waals surface area contributed by atoms with Gasteiger partial charge in [0.2, 0.25) is 0 Å². The first-order valence-electron chi connectivity index (χ1n) is 6.36. The van der Waals surface area contributed by atoms with Gasteiger partial charge in [-0.05, 0) is 25.7 Å². The van der Waals surface area contributed by atoms with Crippen molar-refractivity contribution in [2.45, 2.75) is 45.1 Å². The number of carboxylic acid groups (broad SMARTS) is 1. The zero-order valence-electron chi connectivity index (χ0n) is 11.3. The lowest BCUT2D eigenvalue weighted by atomic mass is 9.96. The van der Waals surface area contributed by atoms with Gasteiger partial charge in [0.05, 0.1) is 5.01 Å². The van der Waals surface area contributed by atoms with Gasteiger partial charge in [0.25, 0.3) is 5.91 Å². The lowest BCUT2D eigenvalue weighted by Crippen LogP contribution is -2.54. The van der Waals surface area contributed by atoms with E-state index in [4.69, 9.17) is 0 Å². The van der Waals surface area contributed by atoms with Gasteiger partial charge < -0.3 is 10.4 Å². The molecule has 0 saturated heterocycles. The van der Waals surface area contributed by atoms with Crippen molar-refractivity contribution >= 4 is 23.2 Å². The Morgan fingerprint density at radius 2 is 2.16 bits per heavy atom. The molecule has 19 heavy (non-hydrogen) atoms. The molecule has 1 aromatic rings. The summed E-state index contributed by atoms with van der Waals surface area (Å²) < 4.78 is 0. The molecule has 1 aliphatic carbocycles. The van der Waals surface area contributed by atoms with Crippen molar-refractivity contribution in [3.8, 4) is 0 Å². The predicted molar refractivity (Wildman–Crippen MR) is 72.4 cm³/mol. The Balaban J connectivity index is 2.13. The number of hydrogen-bond donors (Lipinski definition) is 2. The molecule has 0 radical (unpaired) electrons. The normalized spacial score (nSPS) is 18.1. The second-order valence-corrected chi connectivity index (χ2v) is 6.35. The van der Waals surface area contributed by atoms with E-state index in [0.717, 1.165) is 17.8 Å². The summed E-state index contributed by atoms with van der Waals surface area (Å²) in [5, 5.41) is 14.5. The topological polar surface area (TPSA) is 79.3 Å². The SMILES string of the molecule is CC(C)c1nc(C(=O)N[C@](C)(C(=O)O)C2CC2)cs1. The number of hydrogen-bond acceptors (Lipinski definition) is 4. The average Bonchev–Trinajstić information content (AvgIpc) is 3.06. The summed E-state index contributed by atoms with van der Waals surface area (Å²) in [5.41, 5.74) is -0.875. The van der Waals surface area contributed by atoms with Gasteiger partial charge in [0, 0.05) is 11.3 Å². The molecule has 0 aliphatic heterocycles. The summed E-state index contributed by atoms with van der Waals surface area (Å²) >= 11 is 1.43. The molecular weight excluding hydrogens is 264 g/mol. The lowest BCUT2D eigenvalue weighted by molar-refractivity contribution is -0.144. The number of aliphatic carboxylic acids is 1. The van der Waals surface area contributed by atoms with Crippen molar-refractivity contribution in [2.75, 3.05) is 0 Å². The molecule has 0 bridgehead atoms. The maximum atomic E-state index is 12.1. The Morgan fingerprint density at radius 1 is 1.53 bits per heavy atom. The summed E-state index contributed by atoms with van der Waals surface area (Å²) in [6, 6.07) is 0. The molecule has 1 aliphatic rings. The number of carboxylic acids is 1. The molecule has 1 amide bonds. The van der Waals surface area contributed by atoms with E-state index >= 15 is 0 Å². The summed E-state index contributed by atoms with van der Waals surface area (Å²) in [4.78, 5) is 27.7. The Morgan fingerprint density at radius 3 is 2.58 bits per heavy atom. The van der Waals surface area contributed by atoms with Crippen LogP contribution in [0.25, 0.3) is 0 Å².